The van der Waals surface area contributed by atoms with Gasteiger partial charge in [-0.2, -0.15) is 5.10 Å². The number of H-pyrrole nitrogens is 1. The van der Waals surface area contributed by atoms with Gasteiger partial charge < -0.3 is 0 Å². The number of anilines is 1. The van der Waals surface area contributed by atoms with Crippen molar-refractivity contribution in [3.63, 3.8) is 0 Å². The number of hydrogen-bond donors (Lipinski definition) is 2. The number of rotatable bonds is 5. The molecule has 0 atom stereocenters. The van der Waals surface area contributed by atoms with E-state index in [-0.39, 0.29) is 4.90 Å². The van der Waals surface area contributed by atoms with Gasteiger partial charge in [0.1, 0.15) is 0 Å². The molecule has 4 aromatic rings. The Morgan fingerprint density at radius 1 is 0.815 bits per heavy atom. The fourth-order valence-corrected chi connectivity index (χ4v) is 3.93. The molecule has 6 heteroatoms. The fraction of sp³-hybridized carbons (Fsp3) is 0. The highest BCUT2D eigenvalue weighted by Gasteiger charge is 2.14. The number of aromatic nitrogens is 2. The summed E-state index contributed by atoms with van der Waals surface area (Å²) in [6, 6.07) is 23.4. The van der Waals surface area contributed by atoms with Gasteiger partial charge in [0.2, 0.25) is 0 Å². The van der Waals surface area contributed by atoms with Crippen molar-refractivity contribution in [3.8, 4) is 0 Å². The van der Waals surface area contributed by atoms with Crippen molar-refractivity contribution < 1.29 is 8.42 Å². The van der Waals surface area contributed by atoms with Gasteiger partial charge in [0.15, 0.2) is 0 Å². The van der Waals surface area contributed by atoms with Gasteiger partial charge in [0.25, 0.3) is 10.0 Å². The zero-order valence-electron chi connectivity index (χ0n) is 14.3. The average molecular weight is 375 g/mol. The van der Waals surface area contributed by atoms with Crippen LogP contribution >= 0.6 is 0 Å². The maximum Gasteiger partial charge on any atom is 0.261 e. The molecule has 0 aliphatic heterocycles. The van der Waals surface area contributed by atoms with Crippen LogP contribution in [0.5, 0.6) is 0 Å². The predicted molar refractivity (Wildman–Crippen MR) is 109 cm³/mol. The minimum atomic E-state index is -3.65. The Morgan fingerprint density at radius 3 is 2.37 bits per heavy atom. The molecule has 2 N–H and O–H groups in total. The smallest absolute Gasteiger partial charge is 0.261 e. The standard InChI is InChI=1S/C21H17N3O2S/c25-27(26,17-9-2-1-3-10-17)24-19-12-6-4-8-16(19)14-15-21-18-11-5-7-13-20(18)22-23-21/h1-15,24H,(H,22,23)/b15-14+. The number of sulfonamides is 1. The van der Waals surface area contributed by atoms with Crippen molar-refractivity contribution in [2.24, 2.45) is 0 Å². The van der Waals surface area contributed by atoms with E-state index in [1.807, 2.05) is 48.6 Å². The largest absolute Gasteiger partial charge is 0.279 e. The molecule has 4 rings (SSSR count). The Balaban J connectivity index is 1.66. The molecule has 134 valence electrons. The van der Waals surface area contributed by atoms with E-state index in [0.29, 0.717) is 5.69 Å². The van der Waals surface area contributed by atoms with Crippen LogP contribution in [-0.4, -0.2) is 18.6 Å². The van der Waals surface area contributed by atoms with Crippen molar-refractivity contribution in [1.29, 1.82) is 0 Å². The first kappa shape index (κ1) is 17.1. The summed E-state index contributed by atoms with van der Waals surface area (Å²) in [5.74, 6) is 0. The quantitative estimate of drug-likeness (QED) is 0.538. The lowest BCUT2D eigenvalue weighted by Gasteiger charge is -2.10. The Morgan fingerprint density at radius 2 is 1.52 bits per heavy atom. The first-order valence-corrected chi connectivity index (χ1v) is 9.90. The highest BCUT2D eigenvalue weighted by molar-refractivity contribution is 7.92. The Kier molecular flexibility index (Phi) is 4.48. The van der Waals surface area contributed by atoms with E-state index in [2.05, 4.69) is 14.9 Å². The third kappa shape index (κ3) is 3.61. The summed E-state index contributed by atoms with van der Waals surface area (Å²) in [6.07, 6.45) is 3.72. The third-order valence-corrected chi connectivity index (χ3v) is 5.56. The molecule has 0 saturated heterocycles. The summed E-state index contributed by atoms with van der Waals surface area (Å²) in [5.41, 5.74) is 3.02. The summed E-state index contributed by atoms with van der Waals surface area (Å²) >= 11 is 0. The topological polar surface area (TPSA) is 74.8 Å². The third-order valence-electron chi connectivity index (χ3n) is 4.18. The van der Waals surface area contributed by atoms with Crippen LogP contribution in [-0.2, 0) is 10.0 Å². The Hall–Kier alpha value is -3.38. The fourth-order valence-electron chi connectivity index (χ4n) is 2.82. The van der Waals surface area contributed by atoms with Gasteiger partial charge in [-0.3, -0.25) is 9.82 Å². The summed E-state index contributed by atoms with van der Waals surface area (Å²) < 4.78 is 27.9. The minimum absolute atomic E-state index is 0.224. The highest BCUT2D eigenvalue weighted by Crippen LogP contribution is 2.23. The van der Waals surface area contributed by atoms with Crippen molar-refractivity contribution in [2.45, 2.75) is 4.90 Å². The van der Waals surface area contributed by atoms with Gasteiger partial charge in [-0.15, -0.1) is 0 Å². The molecular formula is C21H17N3O2S. The van der Waals surface area contributed by atoms with E-state index >= 15 is 0 Å². The van der Waals surface area contributed by atoms with Crippen LogP contribution in [0.4, 0.5) is 5.69 Å². The zero-order valence-corrected chi connectivity index (χ0v) is 15.1. The van der Waals surface area contributed by atoms with Crippen molar-refractivity contribution in [1.82, 2.24) is 10.2 Å². The van der Waals surface area contributed by atoms with Crippen LogP contribution in [0.3, 0.4) is 0 Å². The Labute approximate surface area is 157 Å². The average Bonchev–Trinajstić information content (AvgIpc) is 3.11. The van der Waals surface area contributed by atoms with Crippen molar-refractivity contribution >= 4 is 38.8 Å². The second-order valence-corrected chi connectivity index (χ2v) is 7.68. The predicted octanol–water partition coefficient (Wildman–Crippen LogP) is 4.53. The lowest BCUT2D eigenvalue weighted by Crippen LogP contribution is -2.13. The summed E-state index contributed by atoms with van der Waals surface area (Å²) in [7, 11) is -3.65. The Bertz CT molecular complexity index is 1210. The number of hydrogen-bond acceptors (Lipinski definition) is 3. The number of fused-ring (bicyclic) bond motifs is 1. The van der Waals surface area contributed by atoms with E-state index < -0.39 is 10.0 Å². The van der Waals surface area contributed by atoms with Crippen LogP contribution < -0.4 is 4.72 Å². The van der Waals surface area contributed by atoms with Crippen molar-refractivity contribution in [3.05, 3.63) is 90.1 Å². The van der Waals surface area contributed by atoms with E-state index in [9.17, 15) is 8.42 Å². The van der Waals surface area contributed by atoms with Crippen molar-refractivity contribution in [2.75, 3.05) is 4.72 Å². The van der Waals surface area contributed by atoms with E-state index in [0.717, 1.165) is 22.2 Å². The maximum atomic E-state index is 12.6. The molecule has 0 unspecified atom stereocenters. The molecular weight excluding hydrogens is 358 g/mol. The normalized spacial score (nSPS) is 11.9. The zero-order chi connectivity index (χ0) is 18.7. The molecule has 0 amide bonds. The molecule has 0 bridgehead atoms. The molecule has 5 nitrogen and oxygen atoms in total. The molecule has 3 aromatic carbocycles. The monoisotopic (exact) mass is 375 g/mol. The number of nitrogens with one attached hydrogen (secondary N) is 2. The second-order valence-electron chi connectivity index (χ2n) is 5.99. The maximum absolute atomic E-state index is 12.6. The van der Waals surface area contributed by atoms with Gasteiger partial charge in [0, 0.05) is 5.39 Å². The van der Waals surface area contributed by atoms with E-state index in [1.165, 1.54) is 0 Å². The van der Waals surface area contributed by atoms with Gasteiger partial charge in [-0.05, 0) is 35.9 Å². The highest BCUT2D eigenvalue weighted by atomic mass is 32.2. The summed E-state index contributed by atoms with van der Waals surface area (Å²) in [6.45, 7) is 0. The molecule has 0 saturated carbocycles. The second kappa shape index (κ2) is 7.09. The molecule has 27 heavy (non-hydrogen) atoms. The van der Waals surface area contributed by atoms with Gasteiger partial charge in [-0.1, -0.05) is 60.7 Å². The molecule has 0 radical (unpaired) electrons. The van der Waals surface area contributed by atoms with E-state index in [4.69, 9.17) is 0 Å². The lowest BCUT2D eigenvalue weighted by atomic mass is 10.1. The number of nitrogens with zero attached hydrogens (tertiary/aromatic N) is 1. The molecule has 0 fully saturated rings. The van der Waals surface area contributed by atoms with Gasteiger partial charge in [-0.25, -0.2) is 8.42 Å². The minimum Gasteiger partial charge on any atom is -0.279 e. The first-order valence-electron chi connectivity index (χ1n) is 8.41. The lowest BCUT2D eigenvalue weighted by molar-refractivity contribution is 0.601. The van der Waals surface area contributed by atoms with Gasteiger partial charge in [0.05, 0.1) is 21.8 Å². The van der Waals surface area contributed by atoms with Crippen LogP contribution in [0, 0.1) is 0 Å². The van der Waals surface area contributed by atoms with Crippen LogP contribution in [0.2, 0.25) is 0 Å². The van der Waals surface area contributed by atoms with Crippen LogP contribution in [0.25, 0.3) is 23.1 Å². The number of benzene rings is 3. The molecule has 1 aromatic heterocycles. The van der Waals surface area contributed by atoms with E-state index in [1.54, 1.807) is 42.5 Å². The van der Waals surface area contributed by atoms with Crippen LogP contribution in [0.1, 0.15) is 11.3 Å². The SMILES string of the molecule is O=S(=O)(Nc1ccccc1/C=C/c1n[nH]c2ccccc12)c1ccccc1. The molecule has 0 aliphatic carbocycles. The molecule has 0 spiro atoms. The van der Waals surface area contributed by atoms with Gasteiger partial charge >= 0.3 is 0 Å². The first-order chi connectivity index (χ1) is 13.1. The number of para-hydroxylation sites is 2. The summed E-state index contributed by atoms with van der Waals surface area (Å²) in [5, 5.41) is 8.31. The summed E-state index contributed by atoms with van der Waals surface area (Å²) in [4.78, 5) is 0.224. The van der Waals surface area contributed by atoms with Crippen LogP contribution in [0.15, 0.2) is 83.8 Å². The number of aromatic amines is 1. The molecule has 1 heterocycles. The molecule has 0 aliphatic rings.